The van der Waals surface area contributed by atoms with Crippen molar-refractivity contribution < 1.29 is 14.7 Å². The van der Waals surface area contributed by atoms with Gasteiger partial charge in [-0.2, -0.15) is 0 Å². The van der Waals surface area contributed by atoms with Crippen molar-refractivity contribution in [2.75, 3.05) is 0 Å². The molecule has 4 heteroatoms. The molecule has 1 aliphatic heterocycles. The summed E-state index contributed by atoms with van der Waals surface area (Å²) in [6, 6.07) is 11.3. The minimum Gasteiger partial charge on any atom is -0.508 e. The van der Waals surface area contributed by atoms with Crippen LogP contribution in [-0.4, -0.2) is 16.9 Å². The van der Waals surface area contributed by atoms with E-state index in [2.05, 4.69) is 5.32 Å². The lowest BCUT2D eigenvalue weighted by molar-refractivity contribution is -0.129. The predicted molar refractivity (Wildman–Crippen MR) is 92.1 cm³/mol. The van der Waals surface area contributed by atoms with Gasteiger partial charge in [-0.15, -0.1) is 0 Å². The molecule has 1 saturated heterocycles. The number of fused-ring (bicyclic) bond motifs is 2. The third kappa shape index (κ3) is 2.52. The fourth-order valence-electron chi connectivity index (χ4n) is 3.25. The zero-order chi connectivity index (χ0) is 16.7. The number of piperidine rings is 1. The predicted octanol–water partition coefficient (Wildman–Crippen LogP) is 3.23. The molecule has 2 amide bonds. The quantitative estimate of drug-likeness (QED) is 0.794. The van der Waals surface area contributed by atoms with Crippen LogP contribution < -0.4 is 5.32 Å². The molecule has 0 saturated carbocycles. The van der Waals surface area contributed by atoms with Crippen LogP contribution in [0.25, 0.3) is 16.8 Å². The smallest absolute Gasteiger partial charge is 0.257 e. The average Bonchev–Trinajstić information content (AvgIpc) is 2.54. The number of hydrogen-bond acceptors (Lipinski definition) is 3. The second-order valence-electron chi connectivity index (χ2n) is 6.02. The molecule has 4 rings (SSSR count). The van der Waals surface area contributed by atoms with Crippen molar-refractivity contribution in [3.63, 3.8) is 0 Å². The molecule has 0 atom stereocenters. The number of phenols is 1. The summed E-state index contributed by atoms with van der Waals surface area (Å²) in [5, 5.41) is 14.3. The number of carbonyl (C=O) groups is 2. The van der Waals surface area contributed by atoms with Crippen molar-refractivity contribution in [3.8, 4) is 5.75 Å². The number of phenolic OH excluding ortho intramolecular Hbond substituents is 1. The Bertz CT molecular complexity index is 980. The molecule has 1 fully saturated rings. The first kappa shape index (κ1) is 14.5. The van der Waals surface area contributed by atoms with Gasteiger partial charge in [-0.05, 0) is 46.0 Å². The van der Waals surface area contributed by atoms with Gasteiger partial charge in [-0.25, -0.2) is 0 Å². The van der Waals surface area contributed by atoms with Crippen LogP contribution in [0.5, 0.6) is 5.75 Å². The fourth-order valence-corrected chi connectivity index (χ4v) is 3.25. The van der Waals surface area contributed by atoms with E-state index in [1.165, 1.54) is 0 Å². The Labute approximate surface area is 138 Å². The van der Waals surface area contributed by atoms with E-state index < -0.39 is 0 Å². The second-order valence-corrected chi connectivity index (χ2v) is 6.02. The van der Waals surface area contributed by atoms with E-state index in [1.807, 2.05) is 42.5 Å². The molecule has 0 unspecified atom stereocenters. The maximum atomic E-state index is 11.8. The molecule has 2 N–H and O–H groups in total. The van der Waals surface area contributed by atoms with Crippen molar-refractivity contribution in [2.24, 2.45) is 0 Å². The molecule has 1 aliphatic carbocycles. The molecule has 2 aromatic rings. The zero-order valence-electron chi connectivity index (χ0n) is 12.9. The topological polar surface area (TPSA) is 66.4 Å². The average molecular weight is 317 g/mol. The monoisotopic (exact) mass is 317 g/mol. The standard InChI is InChI=1S/C20H15NO3/c22-16-9-13-3-1-2-4-17(13)14(10-16)7-12-5-6-18-15(8-12)11-19(23)21-20(18)24/h1-4,6-10,22H,5,11H2,(H,21,23,24). The first-order chi connectivity index (χ1) is 11.6. The van der Waals surface area contributed by atoms with E-state index in [-0.39, 0.29) is 24.0 Å². The summed E-state index contributed by atoms with van der Waals surface area (Å²) < 4.78 is 0. The van der Waals surface area contributed by atoms with E-state index in [9.17, 15) is 14.7 Å². The summed E-state index contributed by atoms with van der Waals surface area (Å²) in [4.78, 5) is 23.4. The molecule has 0 radical (unpaired) electrons. The lowest BCUT2D eigenvalue weighted by Crippen LogP contribution is -2.37. The largest absolute Gasteiger partial charge is 0.508 e. The highest BCUT2D eigenvalue weighted by atomic mass is 16.3. The molecule has 1 heterocycles. The van der Waals surface area contributed by atoms with Crippen LogP contribution in [0.15, 0.2) is 65.3 Å². The van der Waals surface area contributed by atoms with Crippen molar-refractivity contribution in [3.05, 3.63) is 70.8 Å². The highest BCUT2D eigenvalue weighted by molar-refractivity contribution is 6.12. The van der Waals surface area contributed by atoms with Crippen molar-refractivity contribution in [2.45, 2.75) is 12.8 Å². The lowest BCUT2D eigenvalue weighted by Gasteiger charge is -2.21. The second kappa shape index (κ2) is 5.49. The molecule has 0 aromatic heterocycles. The van der Waals surface area contributed by atoms with Gasteiger partial charge in [-0.1, -0.05) is 42.5 Å². The van der Waals surface area contributed by atoms with Gasteiger partial charge in [0.05, 0.1) is 6.42 Å². The SMILES string of the molecule is O=C1CC2=CC(=Cc3cc(O)cc4ccccc34)CC=C2C(=O)N1. The van der Waals surface area contributed by atoms with Gasteiger partial charge >= 0.3 is 0 Å². The van der Waals surface area contributed by atoms with E-state index in [0.29, 0.717) is 12.0 Å². The third-order valence-electron chi connectivity index (χ3n) is 4.32. The van der Waals surface area contributed by atoms with Gasteiger partial charge in [0, 0.05) is 5.57 Å². The van der Waals surface area contributed by atoms with E-state index in [1.54, 1.807) is 12.1 Å². The van der Waals surface area contributed by atoms with Crippen LogP contribution in [0.4, 0.5) is 0 Å². The molecule has 24 heavy (non-hydrogen) atoms. The summed E-state index contributed by atoms with van der Waals surface area (Å²) >= 11 is 0. The van der Waals surface area contributed by atoms with Gasteiger partial charge in [0.1, 0.15) is 5.75 Å². The van der Waals surface area contributed by atoms with E-state index >= 15 is 0 Å². The van der Waals surface area contributed by atoms with Gasteiger partial charge < -0.3 is 5.11 Å². The summed E-state index contributed by atoms with van der Waals surface area (Å²) in [5.41, 5.74) is 3.27. The number of allylic oxidation sites excluding steroid dienone is 3. The number of imide groups is 1. The number of benzene rings is 2. The fraction of sp³-hybridized carbons (Fsp3) is 0.100. The number of aromatic hydroxyl groups is 1. The van der Waals surface area contributed by atoms with Crippen LogP contribution in [0.1, 0.15) is 18.4 Å². The number of nitrogens with one attached hydrogen (secondary N) is 1. The van der Waals surface area contributed by atoms with Crippen molar-refractivity contribution in [1.82, 2.24) is 5.32 Å². The van der Waals surface area contributed by atoms with Crippen LogP contribution in [0, 0.1) is 0 Å². The zero-order valence-corrected chi connectivity index (χ0v) is 12.9. The molecule has 118 valence electrons. The van der Waals surface area contributed by atoms with Crippen LogP contribution in [-0.2, 0) is 9.59 Å². The molecule has 2 aromatic carbocycles. The molecule has 2 aliphatic rings. The van der Waals surface area contributed by atoms with Crippen molar-refractivity contribution in [1.29, 1.82) is 0 Å². The maximum absolute atomic E-state index is 11.8. The van der Waals surface area contributed by atoms with Crippen LogP contribution in [0.3, 0.4) is 0 Å². The Kier molecular flexibility index (Phi) is 3.31. The summed E-state index contributed by atoms with van der Waals surface area (Å²) in [7, 11) is 0. The highest BCUT2D eigenvalue weighted by Gasteiger charge is 2.26. The molecule has 4 nitrogen and oxygen atoms in total. The normalized spacial score (nSPS) is 18.9. The summed E-state index contributed by atoms with van der Waals surface area (Å²) in [6.07, 6.45) is 6.60. The van der Waals surface area contributed by atoms with Gasteiger partial charge in [0.25, 0.3) is 5.91 Å². The molecular formula is C20H15NO3. The number of rotatable bonds is 1. The molecule has 0 spiro atoms. The molecule has 0 bridgehead atoms. The summed E-state index contributed by atoms with van der Waals surface area (Å²) in [6.45, 7) is 0. The Morgan fingerprint density at radius 1 is 1.12 bits per heavy atom. The van der Waals surface area contributed by atoms with Crippen LogP contribution in [0.2, 0.25) is 0 Å². The Morgan fingerprint density at radius 2 is 1.96 bits per heavy atom. The maximum Gasteiger partial charge on any atom is 0.257 e. The van der Waals surface area contributed by atoms with Gasteiger partial charge in [0.15, 0.2) is 0 Å². The Morgan fingerprint density at radius 3 is 2.83 bits per heavy atom. The Hall–Kier alpha value is -3.14. The Balaban J connectivity index is 1.78. The van der Waals surface area contributed by atoms with Crippen molar-refractivity contribution >= 4 is 28.7 Å². The third-order valence-corrected chi connectivity index (χ3v) is 4.32. The minimum absolute atomic E-state index is 0.215. The number of hydrogen-bond donors (Lipinski definition) is 2. The van der Waals surface area contributed by atoms with Gasteiger partial charge in [-0.3, -0.25) is 14.9 Å². The van der Waals surface area contributed by atoms with Crippen LogP contribution >= 0.6 is 0 Å². The highest BCUT2D eigenvalue weighted by Crippen LogP contribution is 2.31. The van der Waals surface area contributed by atoms with E-state index in [0.717, 1.165) is 27.5 Å². The first-order valence-electron chi connectivity index (χ1n) is 7.78. The van der Waals surface area contributed by atoms with E-state index in [4.69, 9.17) is 0 Å². The molecular weight excluding hydrogens is 302 g/mol. The number of amides is 2. The minimum atomic E-state index is -0.320. The number of carbonyl (C=O) groups excluding carboxylic acids is 2. The lowest BCUT2D eigenvalue weighted by atomic mass is 9.88. The first-order valence-corrected chi connectivity index (χ1v) is 7.78. The van der Waals surface area contributed by atoms with Gasteiger partial charge in [0.2, 0.25) is 5.91 Å². The summed E-state index contributed by atoms with van der Waals surface area (Å²) in [5.74, 6) is -0.376.